The van der Waals surface area contributed by atoms with Crippen LogP contribution < -0.4 is 15.5 Å². The molecule has 0 spiro atoms. The van der Waals surface area contributed by atoms with Crippen LogP contribution in [-0.4, -0.2) is 41.3 Å². The largest absolute Gasteiger partial charge is 0.396 e. The Morgan fingerprint density at radius 2 is 2.11 bits per heavy atom. The fraction of sp³-hybridized carbons (Fsp3) is 0.278. The number of hydrogen-bond donors (Lipinski definition) is 3. The molecule has 0 unspecified atom stereocenters. The van der Waals surface area contributed by atoms with Crippen molar-refractivity contribution in [1.82, 2.24) is 15.3 Å². The molecule has 3 aromatic rings. The fourth-order valence-electron chi connectivity index (χ4n) is 2.50. The number of unbranched alkanes of at least 4 members (excludes halogenated alkanes) is 1. The number of halogens is 2. The number of nitrogens with one attached hydrogen (secondary N) is 2. The van der Waals surface area contributed by atoms with Gasteiger partial charge in [0.15, 0.2) is 5.13 Å². The second-order valence-corrected chi connectivity index (χ2v) is 7.39. The molecule has 3 rings (SSSR count). The Kier molecular flexibility index (Phi) is 6.61. The minimum absolute atomic E-state index is 0.101. The smallest absolute Gasteiger partial charge is 0.321 e. The number of amides is 2. The van der Waals surface area contributed by atoms with Crippen LogP contribution in [0.5, 0.6) is 0 Å². The molecule has 7 nitrogen and oxygen atoms in total. The summed E-state index contributed by atoms with van der Waals surface area (Å²) in [6, 6.07) is 7.59. The number of anilines is 3. The van der Waals surface area contributed by atoms with E-state index in [4.69, 9.17) is 16.7 Å². The summed E-state index contributed by atoms with van der Waals surface area (Å²) >= 11 is 7.03. The van der Waals surface area contributed by atoms with Crippen molar-refractivity contribution in [3.05, 3.63) is 41.2 Å². The van der Waals surface area contributed by atoms with E-state index in [0.29, 0.717) is 51.4 Å². The molecule has 0 atom stereocenters. The SMILES string of the molecule is CN(c1ccc2nc(NC(=O)NCCCCO)sc2n1)c1ccc(Cl)cc1F. The summed E-state index contributed by atoms with van der Waals surface area (Å²) in [5.41, 5.74) is 0.982. The summed E-state index contributed by atoms with van der Waals surface area (Å²) in [6.07, 6.45) is 1.33. The quantitative estimate of drug-likeness (QED) is 0.497. The summed E-state index contributed by atoms with van der Waals surface area (Å²) in [7, 11) is 1.71. The molecule has 28 heavy (non-hydrogen) atoms. The predicted molar refractivity (Wildman–Crippen MR) is 110 cm³/mol. The van der Waals surface area contributed by atoms with Gasteiger partial charge in [0.2, 0.25) is 0 Å². The Labute approximate surface area is 170 Å². The first-order valence-electron chi connectivity index (χ1n) is 8.60. The Morgan fingerprint density at radius 3 is 2.86 bits per heavy atom. The molecule has 0 bridgehead atoms. The van der Waals surface area contributed by atoms with E-state index in [0.717, 1.165) is 0 Å². The number of aromatic nitrogens is 2. The zero-order valence-corrected chi connectivity index (χ0v) is 16.6. The van der Waals surface area contributed by atoms with E-state index in [1.807, 2.05) is 0 Å². The van der Waals surface area contributed by atoms with E-state index in [2.05, 4.69) is 20.6 Å². The van der Waals surface area contributed by atoms with Crippen LogP contribution in [0.1, 0.15) is 12.8 Å². The highest BCUT2D eigenvalue weighted by Gasteiger charge is 2.14. The molecule has 0 aliphatic rings. The number of aliphatic hydroxyl groups excluding tert-OH is 1. The highest BCUT2D eigenvalue weighted by molar-refractivity contribution is 7.22. The first-order chi connectivity index (χ1) is 13.5. The Balaban J connectivity index is 1.72. The number of carbonyl (C=O) groups is 1. The highest BCUT2D eigenvalue weighted by Crippen LogP contribution is 2.30. The molecule has 10 heteroatoms. The maximum absolute atomic E-state index is 14.2. The van der Waals surface area contributed by atoms with Gasteiger partial charge >= 0.3 is 6.03 Å². The number of urea groups is 1. The van der Waals surface area contributed by atoms with Crippen LogP contribution in [0.25, 0.3) is 10.3 Å². The Hall–Kier alpha value is -2.49. The number of rotatable bonds is 7. The van der Waals surface area contributed by atoms with Crippen molar-refractivity contribution in [3.63, 3.8) is 0 Å². The van der Waals surface area contributed by atoms with E-state index < -0.39 is 5.82 Å². The molecule has 0 aliphatic heterocycles. The van der Waals surface area contributed by atoms with Crippen molar-refractivity contribution < 1.29 is 14.3 Å². The molecule has 0 saturated heterocycles. The van der Waals surface area contributed by atoms with E-state index >= 15 is 0 Å². The molecule has 2 aromatic heterocycles. The number of carbonyl (C=O) groups excluding carboxylic acids is 1. The van der Waals surface area contributed by atoms with E-state index in [9.17, 15) is 9.18 Å². The minimum atomic E-state index is -0.443. The number of fused-ring (bicyclic) bond motifs is 1. The van der Waals surface area contributed by atoms with Gasteiger partial charge in [-0.3, -0.25) is 5.32 Å². The first-order valence-corrected chi connectivity index (χ1v) is 9.79. The Morgan fingerprint density at radius 1 is 1.29 bits per heavy atom. The van der Waals surface area contributed by atoms with Crippen LogP contribution >= 0.6 is 22.9 Å². The van der Waals surface area contributed by atoms with Gasteiger partial charge in [0.05, 0.1) is 5.69 Å². The van der Waals surface area contributed by atoms with Crippen LogP contribution in [-0.2, 0) is 0 Å². The summed E-state index contributed by atoms with van der Waals surface area (Å²) < 4.78 is 14.2. The maximum atomic E-state index is 14.2. The summed E-state index contributed by atoms with van der Waals surface area (Å²) in [5.74, 6) is 0.0961. The molecule has 0 aliphatic carbocycles. The molecule has 1 aromatic carbocycles. The second kappa shape index (κ2) is 9.13. The molecular formula is C18H19ClFN5O2S. The van der Waals surface area contributed by atoms with Gasteiger partial charge in [-0.15, -0.1) is 0 Å². The lowest BCUT2D eigenvalue weighted by Gasteiger charge is -2.18. The lowest BCUT2D eigenvalue weighted by molar-refractivity contribution is 0.250. The van der Waals surface area contributed by atoms with Crippen molar-refractivity contribution in [2.75, 3.05) is 30.4 Å². The zero-order valence-electron chi connectivity index (χ0n) is 15.1. The third kappa shape index (κ3) is 4.86. The number of benzene rings is 1. The molecule has 0 saturated carbocycles. The number of nitrogens with zero attached hydrogens (tertiary/aromatic N) is 3. The van der Waals surface area contributed by atoms with Crippen molar-refractivity contribution in [3.8, 4) is 0 Å². The van der Waals surface area contributed by atoms with Crippen LogP contribution in [0.15, 0.2) is 30.3 Å². The van der Waals surface area contributed by atoms with Gasteiger partial charge in [0.1, 0.15) is 22.0 Å². The average molecular weight is 424 g/mol. The third-order valence-corrected chi connectivity index (χ3v) is 5.06. The molecule has 0 radical (unpaired) electrons. The first kappa shape index (κ1) is 20.2. The lowest BCUT2D eigenvalue weighted by atomic mass is 10.2. The van der Waals surface area contributed by atoms with Gasteiger partial charge < -0.3 is 15.3 Å². The van der Waals surface area contributed by atoms with Crippen LogP contribution in [0, 0.1) is 5.82 Å². The number of hydrogen-bond acceptors (Lipinski definition) is 6. The normalized spacial score (nSPS) is 10.9. The number of thiazole rings is 1. The Bertz CT molecular complexity index is 984. The van der Waals surface area contributed by atoms with Gasteiger partial charge in [-0.05, 0) is 43.2 Å². The molecule has 2 amide bonds. The molecule has 0 fully saturated rings. The summed E-state index contributed by atoms with van der Waals surface area (Å²) in [5, 5.41) is 14.8. The van der Waals surface area contributed by atoms with Crippen molar-refractivity contribution in [2.45, 2.75) is 12.8 Å². The van der Waals surface area contributed by atoms with Crippen LogP contribution in [0.3, 0.4) is 0 Å². The van der Waals surface area contributed by atoms with E-state index in [1.165, 1.54) is 17.4 Å². The standard InChI is InChI=1S/C18H19ClFN5O2S/c1-25(14-6-4-11(19)10-12(14)20)15-7-5-13-16(23-15)28-18(22-13)24-17(27)21-8-2-3-9-26/h4-7,10,26H,2-3,8-9H2,1H3,(H2,21,22,24,27). The van der Waals surface area contributed by atoms with Gasteiger partial charge in [-0.1, -0.05) is 22.9 Å². The third-order valence-electron chi connectivity index (χ3n) is 3.95. The lowest BCUT2D eigenvalue weighted by Crippen LogP contribution is -2.29. The highest BCUT2D eigenvalue weighted by atomic mass is 35.5. The van der Waals surface area contributed by atoms with Crippen LogP contribution in [0.2, 0.25) is 5.02 Å². The average Bonchev–Trinajstić information content (AvgIpc) is 3.06. The summed E-state index contributed by atoms with van der Waals surface area (Å²) in [6.45, 7) is 0.570. The van der Waals surface area contributed by atoms with Crippen molar-refractivity contribution >= 4 is 56.0 Å². The van der Waals surface area contributed by atoms with Gasteiger partial charge in [0.25, 0.3) is 0 Å². The monoisotopic (exact) mass is 423 g/mol. The number of pyridine rings is 1. The minimum Gasteiger partial charge on any atom is -0.396 e. The molecular weight excluding hydrogens is 405 g/mol. The van der Waals surface area contributed by atoms with Crippen molar-refractivity contribution in [1.29, 1.82) is 0 Å². The van der Waals surface area contributed by atoms with E-state index in [1.54, 1.807) is 36.2 Å². The topological polar surface area (TPSA) is 90.4 Å². The van der Waals surface area contributed by atoms with Gasteiger partial charge in [-0.2, -0.15) is 0 Å². The van der Waals surface area contributed by atoms with Crippen LogP contribution in [0.4, 0.5) is 25.8 Å². The molecule has 148 valence electrons. The second-order valence-electron chi connectivity index (χ2n) is 5.98. The maximum Gasteiger partial charge on any atom is 0.321 e. The molecule has 3 N–H and O–H groups in total. The summed E-state index contributed by atoms with van der Waals surface area (Å²) in [4.78, 5) is 23.0. The van der Waals surface area contributed by atoms with Gasteiger partial charge in [0, 0.05) is 25.2 Å². The predicted octanol–water partition coefficient (Wildman–Crippen LogP) is 4.15. The zero-order chi connectivity index (χ0) is 20.1. The van der Waals surface area contributed by atoms with Gasteiger partial charge in [-0.25, -0.2) is 19.2 Å². The fourth-order valence-corrected chi connectivity index (χ4v) is 3.49. The molecule has 2 heterocycles. The number of aliphatic hydroxyl groups is 1. The van der Waals surface area contributed by atoms with Crippen molar-refractivity contribution in [2.24, 2.45) is 0 Å². The van der Waals surface area contributed by atoms with E-state index in [-0.39, 0.29) is 12.6 Å².